The number of aromatic nitrogens is 2. The van der Waals surface area contributed by atoms with Crippen LogP contribution in [0.4, 0.5) is 5.69 Å². The molecule has 138 valence electrons. The highest BCUT2D eigenvalue weighted by molar-refractivity contribution is 5.64. The smallest absolute Gasteiger partial charge is 0.269 e. The molecule has 1 aromatic heterocycles. The number of hydrogen-bond donors (Lipinski definition) is 2. The van der Waals surface area contributed by atoms with Gasteiger partial charge in [-0.15, -0.1) is 0 Å². The first-order valence-electron chi connectivity index (χ1n) is 8.79. The number of aliphatic hydroxyl groups excluding tert-OH is 1. The van der Waals surface area contributed by atoms with E-state index in [4.69, 9.17) is 0 Å². The van der Waals surface area contributed by atoms with E-state index in [1.165, 1.54) is 17.7 Å². The number of aryl methyl sites for hydroxylation is 1. The molecule has 2 atom stereocenters. The highest BCUT2D eigenvalue weighted by Crippen LogP contribution is 2.32. The summed E-state index contributed by atoms with van der Waals surface area (Å²) >= 11 is 0. The summed E-state index contributed by atoms with van der Waals surface area (Å²) in [5.74, 6) is 0. The summed E-state index contributed by atoms with van der Waals surface area (Å²) in [5.41, 5.74) is 4.93. The molecule has 2 aromatic carbocycles. The van der Waals surface area contributed by atoms with Gasteiger partial charge in [0.2, 0.25) is 0 Å². The number of rotatable bonds is 5. The Hall–Kier alpha value is -3.03. The molecule has 2 N–H and O–H groups in total. The van der Waals surface area contributed by atoms with E-state index in [-0.39, 0.29) is 11.7 Å². The maximum absolute atomic E-state index is 10.9. The molecule has 0 aliphatic heterocycles. The molecule has 0 unspecified atom stereocenters. The second-order valence-corrected chi connectivity index (χ2v) is 6.81. The Morgan fingerprint density at radius 2 is 2.00 bits per heavy atom. The molecule has 0 fully saturated rings. The number of benzene rings is 2. The minimum atomic E-state index is -0.457. The van der Waals surface area contributed by atoms with Crippen molar-refractivity contribution >= 4 is 5.69 Å². The Morgan fingerprint density at radius 3 is 2.74 bits per heavy atom. The molecule has 4 rings (SSSR count). The Morgan fingerprint density at radius 1 is 1.26 bits per heavy atom. The standard InChI is InChI=1S/C20H20N4O3/c1-23-12-15(19(22-23)13-6-8-16(9-7-13)24(26)27)11-21-20-17-5-3-2-4-14(17)10-18(20)25/h2-9,12,18,20-21,25H,10-11H2,1H3/t18-,20+/m0/s1. The minimum Gasteiger partial charge on any atom is -0.391 e. The first kappa shape index (κ1) is 17.4. The number of nitro benzene ring substituents is 1. The van der Waals surface area contributed by atoms with Crippen LogP contribution in [0.25, 0.3) is 11.3 Å². The number of nitrogens with zero attached hydrogens (tertiary/aromatic N) is 3. The fraction of sp³-hybridized carbons (Fsp3) is 0.250. The van der Waals surface area contributed by atoms with Gasteiger partial charge in [-0.2, -0.15) is 5.10 Å². The molecule has 0 spiro atoms. The zero-order valence-corrected chi connectivity index (χ0v) is 14.9. The fourth-order valence-electron chi connectivity index (χ4n) is 3.69. The fourth-order valence-corrected chi connectivity index (χ4v) is 3.69. The van der Waals surface area contributed by atoms with Gasteiger partial charge >= 0.3 is 0 Å². The molecule has 0 saturated carbocycles. The Labute approximate surface area is 156 Å². The first-order valence-corrected chi connectivity index (χ1v) is 8.79. The number of non-ortho nitro benzene ring substituents is 1. The predicted octanol–water partition coefficient (Wildman–Crippen LogP) is 2.74. The second-order valence-electron chi connectivity index (χ2n) is 6.81. The summed E-state index contributed by atoms with van der Waals surface area (Å²) in [4.78, 5) is 10.4. The largest absolute Gasteiger partial charge is 0.391 e. The molecule has 0 bridgehead atoms. The van der Waals surface area contributed by atoms with Crippen molar-refractivity contribution in [1.82, 2.24) is 15.1 Å². The highest BCUT2D eigenvalue weighted by Gasteiger charge is 2.30. The number of nitrogens with one attached hydrogen (secondary N) is 1. The average Bonchev–Trinajstić information content (AvgIpc) is 3.19. The Bertz CT molecular complexity index is 981. The van der Waals surface area contributed by atoms with Crippen LogP contribution in [0.1, 0.15) is 22.7 Å². The zero-order chi connectivity index (χ0) is 19.0. The van der Waals surface area contributed by atoms with Crippen molar-refractivity contribution in [3.8, 4) is 11.3 Å². The second kappa shape index (κ2) is 6.94. The van der Waals surface area contributed by atoms with E-state index in [0.717, 1.165) is 22.4 Å². The predicted molar refractivity (Wildman–Crippen MR) is 101 cm³/mol. The van der Waals surface area contributed by atoms with E-state index in [1.54, 1.807) is 16.8 Å². The van der Waals surface area contributed by atoms with Crippen LogP contribution in [0.5, 0.6) is 0 Å². The lowest BCUT2D eigenvalue weighted by Crippen LogP contribution is -2.28. The Balaban J connectivity index is 1.56. The Kier molecular flexibility index (Phi) is 4.47. The van der Waals surface area contributed by atoms with Gasteiger partial charge in [-0.3, -0.25) is 14.8 Å². The van der Waals surface area contributed by atoms with Crippen molar-refractivity contribution in [2.45, 2.75) is 25.1 Å². The molecule has 1 heterocycles. The van der Waals surface area contributed by atoms with Crippen LogP contribution >= 0.6 is 0 Å². The van der Waals surface area contributed by atoms with Gasteiger partial charge in [-0.1, -0.05) is 24.3 Å². The lowest BCUT2D eigenvalue weighted by Gasteiger charge is -2.18. The van der Waals surface area contributed by atoms with Gasteiger partial charge < -0.3 is 10.4 Å². The maximum Gasteiger partial charge on any atom is 0.269 e. The summed E-state index contributed by atoms with van der Waals surface area (Å²) in [7, 11) is 1.85. The third kappa shape index (κ3) is 3.34. The molecule has 0 amide bonds. The van der Waals surface area contributed by atoms with E-state index in [1.807, 2.05) is 37.5 Å². The summed E-state index contributed by atoms with van der Waals surface area (Å²) < 4.78 is 1.73. The van der Waals surface area contributed by atoms with Crippen molar-refractivity contribution in [3.63, 3.8) is 0 Å². The molecular formula is C20H20N4O3. The molecule has 7 nitrogen and oxygen atoms in total. The average molecular weight is 364 g/mol. The van der Waals surface area contributed by atoms with Gasteiger partial charge in [0.25, 0.3) is 5.69 Å². The molecular weight excluding hydrogens is 344 g/mol. The van der Waals surface area contributed by atoms with Crippen molar-refractivity contribution in [2.75, 3.05) is 0 Å². The first-order chi connectivity index (χ1) is 13.0. The van der Waals surface area contributed by atoms with Crippen LogP contribution in [0, 0.1) is 10.1 Å². The van der Waals surface area contributed by atoms with Gasteiger partial charge in [0.15, 0.2) is 0 Å². The molecule has 0 radical (unpaired) electrons. The van der Waals surface area contributed by atoms with Crippen LogP contribution in [-0.4, -0.2) is 25.9 Å². The van der Waals surface area contributed by atoms with E-state index >= 15 is 0 Å². The summed E-state index contributed by atoms with van der Waals surface area (Å²) in [6.07, 6.45) is 2.12. The van der Waals surface area contributed by atoms with Gasteiger partial charge in [0.05, 0.1) is 22.8 Å². The van der Waals surface area contributed by atoms with E-state index in [2.05, 4.69) is 10.4 Å². The van der Waals surface area contributed by atoms with Crippen LogP contribution in [0.3, 0.4) is 0 Å². The molecule has 1 aliphatic rings. The minimum absolute atomic E-state index is 0.0556. The number of fused-ring (bicyclic) bond motifs is 1. The van der Waals surface area contributed by atoms with Gasteiger partial charge in [-0.05, 0) is 23.3 Å². The van der Waals surface area contributed by atoms with Crippen molar-refractivity contribution in [3.05, 3.63) is 81.5 Å². The van der Waals surface area contributed by atoms with Crippen molar-refractivity contribution in [2.24, 2.45) is 7.05 Å². The SMILES string of the molecule is Cn1cc(CN[C@@H]2c3ccccc3C[C@@H]2O)c(-c2ccc([N+](=O)[O-])cc2)n1. The molecule has 3 aromatic rings. The number of nitro groups is 1. The molecule has 27 heavy (non-hydrogen) atoms. The summed E-state index contributed by atoms with van der Waals surface area (Å²) in [6, 6.07) is 14.3. The normalized spacial score (nSPS) is 18.4. The van der Waals surface area contributed by atoms with Crippen LogP contribution < -0.4 is 5.32 Å². The van der Waals surface area contributed by atoms with Crippen molar-refractivity contribution < 1.29 is 10.0 Å². The summed E-state index contributed by atoms with van der Waals surface area (Å²) in [5, 5.41) is 29.2. The zero-order valence-electron chi connectivity index (χ0n) is 14.9. The van der Waals surface area contributed by atoms with E-state index < -0.39 is 11.0 Å². The van der Waals surface area contributed by atoms with E-state index in [0.29, 0.717) is 13.0 Å². The maximum atomic E-state index is 10.9. The van der Waals surface area contributed by atoms with Gasteiger partial charge in [0.1, 0.15) is 0 Å². The molecule has 7 heteroatoms. The number of hydrogen-bond acceptors (Lipinski definition) is 5. The third-order valence-corrected chi connectivity index (χ3v) is 4.97. The monoisotopic (exact) mass is 364 g/mol. The summed E-state index contributed by atoms with van der Waals surface area (Å²) in [6.45, 7) is 0.538. The topological polar surface area (TPSA) is 93.2 Å². The van der Waals surface area contributed by atoms with Crippen LogP contribution in [0.15, 0.2) is 54.7 Å². The van der Waals surface area contributed by atoms with Gasteiger partial charge in [-0.25, -0.2) is 0 Å². The number of aliphatic hydroxyl groups is 1. The van der Waals surface area contributed by atoms with Gasteiger partial charge in [0, 0.05) is 49.5 Å². The molecule has 0 saturated heterocycles. The molecule has 1 aliphatic carbocycles. The van der Waals surface area contributed by atoms with Crippen LogP contribution in [-0.2, 0) is 20.0 Å². The lowest BCUT2D eigenvalue weighted by atomic mass is 10.1. The van der Waals surface area contributed by atoms with E-state index in [9.17, 15) is 15.2 Å². The van der Waals surface area contributed by atoms with Crippen molar-refractivity contribution in [1.29, 1.82) is 0 Å². The van der Waals surface area contributed by atoms with Crippen LogP contribution in [0.2, 0.25) is 0 Å². The quantitative estimate of drug-likeness (QED) is 0.536. The third-order valence-electron chi connectivity index (χ3n) is 4.97. The highest BCUT2D eigenvalue weighted by atomic mass is 16.6. The lowest BCUT2D eigenvalue weighted by molar-refractivity contribution is -0.384.